The van der Waals surface area contributed by atoms with Crippen LogP contribution in [0.15, 0.2) is 24.3 Å². The first kappa shape index (κ1) is 18.7. The topological polar surface area (TPSA) is 61.9 Å². The van der Waals surface area contributed by atoms with Crippen molar-refractivity contribution in [1.82, 2.24) is 15.1 Å². The van der Waals surface area contributed by atoms with Gasteiger partial charge in [0.15, 0.2) is 0 Å². The SMILES string of the molecule is Cc1ccc(CN2CC(CNC(=O)N3CC(C)OC(C)C3)CC2=O)cc1. The van der Waals surface area contributed by atoms with Crippen LogP contribution in [-0.2, 0) is 16.1 Å². The molecule has 3 rings (SSSR count). The Morgan fingerprint density at radius 2 is 1.81 bits per heavy atom. The average Bonchev–Trinajstić information content (AvgIpc) is 2.93. The number of likely N-dealkylation sites (tertiary alicyclic amines) is 1. The summed E-state index contributed by atoms with van der Waals surface area (Å²) in [6.45, 7) is 9.11. The molecule has 0 radical (unpaired) electrons. The Bertz CT molecular complexity index is 636. The van der Waals surface area contributed by atoms with E-state index >= 15 is 0 Å². The molecule has 6 nitrogen and oxygen atoms in total. The van der Waals surface area contributed by atoms with Gasteiger partial charge in [0.1, 0.15) is 0 Å². The Morgan fingerprint density at radius 3 is 2.46 bits per heavy atom. The van der Waals surface area contributed by atoms with Gasteiger partial charge >= 0.3 is 6.03 Å². The van der Waals surface area contributed by atoms with Crippen molar-refractivity contribution in [3.05, 3.63) is 35.4 Å². The smallest absolute Gasteiger partial charge is 0.317 e. The third-order valence-corrected chi connectivity index (χ3v) is 5.04. The lowest BCUT2D eigenvalue weighted by molar-refractivity contribution is -0.128. The third-order valence-electron chi connectivity index (χ3n) is 5.04. The van der Waals surface area contributed by atoms with E-state index in [1.807, 2.05) is 18.7 Å². The van der Waals surface area contributed by atoms with Crippen LogP contribution in [0, 0.1) is 12.8 Å². The van der Waals surface area contributed by atoms with Crippen LogP contribution < -0.4 is 5.32 Å². The average molecular weight is 359 g/mol. The summed E-state index contributed by atoms with van der Waals surface area (Å²) < 4.78 is 5.66. The Labute approximate surface area is 155 Å². The highest BCUT2D eigenvalue weighted by atomic mass is 16.5. The van der Waals surface area contributed by atoms with Gasteiger partial charge in [0, 0.05) is 45.1 Å². The molecular weight excluding hydrogens is 330 g/mol. The van der Waals surface area contributed by atoms with Gasteiger partial charge in [-0.25, -0.2) is 4.79 Å². The molecule has 2 aliphatic heterocycles. The first-order valence-corrected chi connectivity index (χ1v) is 9.42. The molecule has 1 aromatic rings. The van der Waals surface area contributed by atoms with E-state index in [-0.39, 0.29) is 30.1 Å². The fourth-order valence-electron chi connectivity index (χ4n) is 3.74. The molecule has 3 atom stereocenters. The van der Waals surface area contributed by atoms with Crippen LogP contribution in [0.5, 0.6) is 0 Å². The number of urea groups is 1. The van der Waals surface area contributed by atoms with E-state index in [1.165, 1.54) is 5.56 Å². The van der Waals surface area contributed by atoms with Crippen molar-refractivity contribution in [2.24, 2.45) is 5.92 Å². The molecule has 3 amide bonds. The zero-order valence-electron chi connectivity index (χ0n) is 15.9. The number of carbonyl (C=O) groups is 2. The maximum Gasteiger partial charge on any atom is 0.317 e. The van der Waals surface area contributed by atoms with Crippen molar-refractivity contribution < 1.29 is 14.3 Å². The molecule has 3 unspecified atom stereocenters. The molecule has 0 spiro atoms. The van der Waals surface area contributed by atoms with Crippen LogP contribution in [0.25, 0.3) is 0 Å². The highest BCUT2D eigenvalue weighted by molar-refractivity contribution is 5.79. The summed E-state index contributed by atoms with van der Waals surface area (Å²) in [5.41, 5.74) is 2.36. The number of nitrogens with one attached hydrogen (secondary N) is 1. The van der Waals surface area contributed by atoms with E-state index in [0.29, 0.717) is 39.1 Å². The standard InChI is InChI=1S/C20H29N3O3/c1-14-4-6-17(7-5-14)12-22-13-18(8-19(22)24)9-21-20(25)23-10-15(2)26-16(3)11-23/h4-7,15-16,18H,8-13H2,1-3H3,(H,21,25). The lowest BCUT2D eigenvalue weighted by Crippen LogP contribution is -2.52. The molecule has 142 valence electrons. The minimum atomic E-state index is -0.0589. The van der Waals surface area contributed by atoms with E-state index < -0.39 is 0 Å². The first-order chi connectivity index (χ1) is 12.4. The number of hydrogen-bond acceptors (Lipinski definition) is 3. The summed E-state index contributed by atoms with van der Waals surface area (Å²) >= 11 is 0. The zero-order chi connectivity index (χ0) is 18.7. The summed E-state index contributed by atoms with van der Waals surface area (Å²) in [6.07, 6.45) is 0.618. The van der Waals surface area contributed by atoms with Crippen molar-refractivity contribution in [2.45, 2.75) is 45.9 Å². The predicted octanol–water partition coefficient (Wildman–Crippen LogP) is 2.16. The second-order valence-electron chi connectivity index (χ2n) is 7.68. The molecule has 0 bridgehead atoms. The van der Waals surface area contributed by atoms with E-state index in [9.17, 15) is 9.59 Å². The van der Waals surface area contributed by atoms with Gasteiger partial charge in [0.2, 0.25) is 5.91 Å². The van der Waals surface area contributed by atoms with Crippen LogP contribution >= 0.6 is 0 Å². The maximum atomic E-state index is 12.4. The number of morpholine rings is 1. The Morgan fingerprint density at radius 1 is 1.15 bits per heavy atom. The van der Waals surface area contributed by atoms with Crippen LogP contribution in [-0.4, -0.2) is 60.1 Å². The van der Waals surface area contributed by atoms with Gasteiger partial charge in [-0.15, -0.1) is 0 Å². The maximum absolute atomic E-state index is 12.4. The van der Waals surface area contributed by atoms with Gasteiger partial charge in [-0.05, 0) is 26.3 Å². The number of nitrogens with zero attached hydrogens (tertiary/aromatic N) is 2. The highest BCUT2D eigenvalue weighted by Crippen LogP contribution is 2.20. The van der Waals surface area contributed by atoms with Gasteiger partial charge < -0.3 is 19.9 Å². The second-order valence-corrected chi connectivity index (χ2v) is 7.68. The Kier molecular flexibility index (Phi) is 5.81. The van der Waals surface area contributed by atoms with Crippen molar-refractivity contribution in [1.29, 1.82) is 0 Å². The van der Waals surface area contributed by atoms with Crippen LogP contribution in [0.3, 0.4) is 0 Å². The zero-order valence-corrected chi connectivity index (χ0v) is 15.9. The molecule has 2 fully saturated rings. The third kappa shape index (κ3) is 4.75. The second kappa shape index (κ2) is 8.08. The number of amides is 3. The van der Waals surface area contributed by atoms with Gasteiger partial charge in [-0.2, -0.15) is 0 Å². The highest BCUT2D eigenvalue weighted by Gasteiger charge is 2.31. The molecule has 26 heavy (non-hydrogen) atoms. The molecular formula is C20H29N3O3. The Hall–Kier alpha value is -2.08. The molecule has 0 aliphatic carbocycles. The number of aryl methyl sites for hydroxylation is 1. The molecule has 1 N–H and O–H groups in total. The minimum absolute atomic E-state index is 0.0579. The van der Waals surface area contributed by atoms with E-state index in [2.05, 4.69) is 36.5 Å². The summed E-state index contributed by atoms with van der Waals surface area (Å²) in [4.78, 5) is 28.4. The number of ether oxygens (including phenoxy) is 1. The minimum Gasteiger partial charge on any atom is -0.372 e. The fraction of sp³-hybridized carbons (Fsp3) is 0.600. The lowest BCUT2D eigenvalue weighted by atomic mass is 10.1. The fourth-order valence-corrected chi connectivity index (χ4v) is 3.74. The van der Waals surface area contributed by atoms with Gasteiger partial charge in [-0.3, -0.25) is 4.79 Å². The molecule has 2 saturated heterocycles. The van der Waals surface area contributed by atoms with Crippen molar-refractivity contribution in [3.8, 4) is 0 Å². The first-order valence-electron chi connectivity index (χ1n) is 9.42. The Balaban J connectivity index is 1.46. The largest absolute Gasteiger partial charge is 0.372 e. The number of benzene rings is 1. The van der Waals surface area contributed by atoms with Crippen molar-refractivity contribution in [3.63, 3.8) is 0 Å². The molecule has 0 saturated carbocycles. The van der Waals surface area contributed by atoms with Gasteiger partial charge in [0.25, 0.3) is 0 Å². The number of carbonyl (C=O) groups excluding carboxylic acids is 2. The molecule has 2 aliphatic rings. The van der Waals surface area contributed by atoms with Crippen molar-refractivity contribution in [2.75, 3.05) is 26.2 Å². The van der Waals surface area contributed by atoms with Crippen LogP contribution in [0.4, 0.5) is 4.79 Å². The van der Waals surface area contributed by atoms with Crippen LogP contribution in [0.2, 0.25) is 0 Å². The predicted molar refractivity (Wildman–Crippen MR) is 99.7 cm³/mol. The molecule has 0 aromatic heterocycles. The van der Waals surface area contributed by atoms with E-state index in [1.54, 1.807) is 4.90 Å². The normalized spacial score (nSPS) is 26.3. The van der Waals surface area contributed by atoms with E-state index in [0.717, 1.165) is 5.56 Å². The van der Waals surface area contributed by atoms with E-state index in [4.69, 9.17) is 4.74 Å². The number of rotatable bonds is 4. The quantitative estimate of drug-likeness (QED) is 0.896. The summed E-state index contributed by atoms with van der Waals surface area (Å²) in [6, 6.07) is 8.21. The summed E-state index contributed by atoms with van der Waals surface area (Å²) in [7, 11) is 0. The monoisotopic (exact) mass is 359 g/mol. The lowest BCUT2D eigenvalue weighted by Gasteiger charge is -2.35. The molecule has 1 aromatic carbocycles. The summed E-state index contributed by atoms with van der Waals surface area (Å²) in [5, 5.41) is 3.00. The molecule has 6 heteroatoms. The van der Waals surface area contributed by atoms with Crippen LogP contribution in [0.1, 0.15) is 31.4 Å². The van der Waals surface area contributed by atoms with Gasteiger partial charge in [0.05, 0.1) is 12.2 Å². The van der Waals surface area contributed by atoms with Crippen molar-refractivity contribution >= 4 is 11.9 Å². The number of hydrogen-bond donors (Lipinski definition) is 1. The summed E-state index contributed by atoms with van der Waals surface area (Å²) in [5.74, 6) is 0.339. The molecule has 2 heterocycles. The van der Waals surface area contributed by atoms with Gasteiger partial charge in [-0.1, -0.05) is 29.8 Å².